The summed E-state index contributed by atoms with van der Waals surface area (Å²) < 4.78 is 46.2. The van der Waals surface area contributed by atoms with Crippen molar-refractivity contribution in [2.45, 2.75) is 0 Å². The summed E-state index contributed by atoms with van der Waals surface area (Å²) in [7, 11) is -4.96. The van der Waals surface area contributed by atoms with Crippen molar-refractivity contribution in [3.8, 4) is 11.5 Å². The third-order valence-corrected chi connectivity index (χ3v) is 7.74. The van der Waals surface area contributed by atoms with Gasteiger partial charge in [-0.05, 0) is 24.3 Å². The lowest BCUT2D eigenvalue weighted by Crippen LogP contribution is -2.06. The van der Waals surface area contributed by atoms with Crippen molar-refractivity contribution >= 4 is 15.2 Å². The smallest absolute Gasteiger partial charge is 0.392 e. The summed E-state index contributed by atoms with van der Waals surface area (Å²) in [6.45, 7) is 0. The average Bonchev–Trinajstić information content (AvgIpc) is 2.56. The quantitative estimate of drug-likeness (QED) is 0.634. The average molecular weight is 356 g/mol. The van der Waals surface area contributed by atoms with Gasteiger partial charge in [-0.15, -0.1) is 0 Å². The first kappa shape index (κ1) is 17.8. The van der Waals surface area contributed by atoms with Gasteiger partial charge in [-0.2, -0.15) is 0 Å². The van der Waals surface area contributed by atoms with Gasteiger partial charge in [-0.1, -0.05) is 36.4 Å². The van der Waals surface area contributed by atoms with Crippen molar-refractivity contribution in [3.63, 3.8) is 0 Å². The van der Waals surface area contributed by atoms with Gasteiger partial charge in [-0.3, -0.25) is 0 Å². The number of rotatable bonds is 8. The van der Waals surface area contributed by atoms with Gasteiger partial charge in [0.25, 0.3) is 0 Å². The van der Waals surface area contributed by atoms with Crippen LogP contribution in [0.4, 0.5) is 0 Å². The van der Waals surface area contributed by atoms with Crippen molar-refractivity contribution in [3.05, 3.63) is 60.7 Å². The van der Waals surface area contributed by atoms with E-state index in [4.69, 9.17) is 18.1 Å². The Kier molecular flexibility index (Phi) is 6.03. The molecule has 2 aromatic carbocycles. The Bertz CT molecular complexity index is 643. The van der Waals surface area contributed by atoms with Crippen LogP contribution in [0.5, 0.6) is 11.5 Å². The number of benzene rings is 2. The summed E-state index contributed by atoms with van der Waals surface area (Å²) in [4.78, 5) is 0. The molecule has 0 saturated carbocycles. The first-order chi connectivity index (χ1) is 11.0. The van der Waals surface area contributed by atoms with Crippen LogP contribution >= 0.6 is 15.2 Å². The van der Waals surface area contributed by atoms with Crippen LogP contribution in [0.25, 0.3) is 0 Å². The van der Waals surface area contributed by atoms with Gasteiger partial charge >= 0.3 is 15.2 Å². The van der Waals surface area contributed by atoms with Crippen molar-refractivity contribution in [1.82, 2.24) is 0 Å². The molecule has 0 spiro atoms. The topological polar surface area (TPSA) is 71.1 Å². The van der Waals surface area contributed by atoms with Gasteiger partial charge in [0, 0.05) is 14.2 Å². The fourth-order valence-corrected chi connectivity index (χ4v) is 5.86. The molecule has 23 heavy (non-hydrogen) atoms. The molecular weight excluding hydrogens is 338 g/mol. The molecule has 0 fully saturated rings. The summed E-state index contributed by atoms with van der Waals surface area (Å²) in [5.74, 6) is 0.191. The van der Waals surface area contributed by atoms with Gasteiger partial charge in [-0.25, -0.2) is 9.13 Å². The fraction of sp³-hybridized carbons (Fsp3) is 0.200. The lowest BCUT2D eigenvalue weighted by molar-refractivity contribution is 0.306. The Balaban J connectivity index is 2.17. The SMILES string of the molecule is COP(=O)(CP(=O)(OC)Oc1ccccc1)Oc1ccccc1. The molecular formula is C15H18O6P2. The lowest BCUT2D eigenvalue weighted by Gasteiger charge is -2.22. The monoisotopic (exact) mass is 356 g/mol. The van der Waals surface area contributed by atoms with Gasteiger partial charge in [0.1, 0.15) is 11.5 Å². The third kappa shape index (κ3) is 5.22. The number of hydrogen-bond acceptors (Lipinski definition) is 6. The Hall–Kier alpha value is -1.58. The molecule has 0 N–H and O–H groups in total. The van der Waals surface area contributed by atoms with E-state index in [0.29, 0.717) is 11.5 Å². The van der Waals surface area contributed by atoms with Gasteiger partial charge in [0.05, 0.1) is 0 Å². The summed E-state index contributed by atoms with van der Waals surface area (Å²) in [5.41, 5.74) is 0. The molecule has 0 heterocycles. The van der Waals surface area contributed by atoms with Crippen molar-refractivity contribution in [2.75, 3.05) is 20.1 Å². The lowest BCUT2D eigenvalue weighted by atomic mass is 10.3. The van der Waals surface area contributed by atoms with Crippen LogP contribution in [0.2, 0.25) is 0 Å². The minimum atomic E-state index is -3.71. The standard InChI is InChI=1S/C15H18O6P2/c1-18-22(16,20-14-9-5-3-6-10-14)13-23(17,19-2)21-15-11-7-4-8-12-15/h3-12H,13H2,1-2H3. The minimum Gasteiger partial charge on any atom is -0.424 e. The molecule has 0 aliphatic rings. The summed E-state index contributed by atoms with van der Waals surface area (Å²) in [5, 5.41) is 0. The number of para-hydroxylation sites is 2. The molecule has 2 rings (SSSR count). The van der Waals surface area contributed by atoms with E-state index in [0.717, 1.165) is 0 Å². The Morgan fingerprint density at radius 3 is 1.35 bits per heavy atom. The van der Waals surface area contributed by atoms with Crippen LogP contribution in [-0.4, -0.2) is 20.1 Å². The highest BCUT2D eigenvalue weighted by atomic mass is 31.2. The molecule has 2 atom stereocenters. The van der Waals surface area contributed by atoms with Crippen LogP contribution in [0.15, 0.2) is 60.7 Å². The molecule has 0 radical (unpaired) electrons. The molecule has 0 aromatic heterocycles. The largest absolute Gasteiger partial charge is 0.424 e. The van der Waals surface area contributed by atoms with Gasteiger partial charge in [0.2, 0.25) is 0 Å². The Labute approximate surface area is 135 Å². The third-order valence-electron chi connectivity index (χ3n) is 2.88. The first-order valence-corrected chi connectivity index (χ1v) is 10.2. The summed E-state index contributed by atoms with van der Waals surface area (Å²) in [6.07, 6.45) is 0. The molecule has 0 amide bonds. The fourth-order valence-electron chi connectivity index (χ4n) is 1.74. The van der Waals surface area contributed by atoms with Gasteiger partial charge < -0.3 is 18.1 Å². The Morgan fingerprint density at radius 1 is 0.696 bits per heavy atom. The maximum atomic E-state index is 12.7. The van der Waals surface area contributed by atoms with Gasteiger partial charge in [0.15, 0.2) is 5.90 Å². The number of hydrogen-bond donors (Lipinski definition) is 0. The van der Waals surface area contributed by atoms with Crippen LogP contribution in [0.1, 0.15) is 0 Å². The molecule has 0 bridgehead atoms. The van der Waals surface area contributed by atoms with E-state index in [1.54, 1.807) is 60.7 Å². The van der Waals surface area contributed by atoms with Crippen LogP contribution in [0, 0.1) is 0 Å². The van der Waals surface area contributed by atoms with E-state index in [-0.39, 0.29) is 0 Å². The highest BCUT2D eigenvalue weighted by Crippen LogP contribution is 2.62. The molecule has 124 valence electrons. The Morgan fingerprint density at radius 2 is 1.04 bits per heavy atom. The van der Waals surface area contributed by atoms with E-state index in [9.17, 15) is 9.13 Å². The van der Waals surface area contributed by atoms with Crippen molar-refractivity contribution in [2.24, 2.45) is 0 Å². The molecule has 8 heteroatoms. The second-order valence-electron chi connectivity index (χ2n) is 4.54. The molecule has 0 saturated heterocycles. The summed E-state index contributed by atoms with van der Waals surface area (Å²) >= 11 is 0. The van der Waals surface area contributed by atoms with Crippen LogP contribution < -0.4 is 9.05 Å². The first-order valence-electron chi connectivity index (χ1n) is 6.77. The maximum Gasteiger partial charge on any atom is 0.392 e. The minimum absolute atomic E-state index is 0.347. The predicted octanol–water partition coefficient (Wildman–Crippen LogP) is 4.78. The van der Waals surface area contributed by atoms with E-state index in [1.807, 2.05) is 0 Å². The highest BCUT2D eigenvalue weighted by Gasteiger charge is 2.39. The van der Waals surface area contributed by atoms with E-state index in [1.165, 1.54) is 14.2 Å². The van der Waals surface area contributed by atoms with Crippen LogP contribution in [-0.2, 0) is 18.2 Å². The normalized spacial score (nSPS) is 16.1. The van der Waals surface area contributed by atoms with Crippen molar-refractivity contribution < 1.29 is 27.2 Å². The zero-order valence-corrected chi connectivity index (χ0v) is 14.6. The maximum absolute atomic E-state index is 12.7. The second kappa shape index (κ2) is 7.80. The van der Waals surface area contributed by atoms with E-state index < -0.39 is 21.1 Å². The van der Waals surface area contributed by atoms with E-state index >= 15 is 0 Å². The highest BCUT2D eigenvalue weighted by molar-refractivity contribution is 7.71. The van der Waals surface area contributed by atoms with E-state index in [2.05, 4.69) is 0 Å². The zero-order valence-electron chi connectivity index (χ0n) is 12.8. The summed E-state index contributed by atoms with van der Waals surface area (Å²) in [6, 6.07) is 17.0. The van der Waals surface area contributed by atoms with Crippen LogP contribution in [0.3, 0.4) is 0 Å². The second-order valence-corrected chi connectivity index (χ2v) is 9.21. The molecule has 2 unspecified atom stereocenters. The molecule has 2 aromatic rings. The predicted molar refractivity (Wildman–Crippen MR) is 88.2 cm³/mol. The molecule has 0 aliphatic carbocycles. The molecule has 6 nitrogen and oxygen atoms in total. The van der Waals surface area contributed by atoms with Crippen molar-refractivity contribution in [1.29, 1.82) is 0 Å². The zero-order chi connectivity index (χ0) is 16.8. The molecule has 0 aliphatic heterocycles.